The van der Waals surface area contributed by atoms with E-state index in [4.69, 9.17) is 21.1 Å². The van der Waals surface area contributed by atoms with Gasteiger partial charge in [0.25, 0.3) is 0 Å². The van der Waals surface area contributed by atoms with Gasteiger partial charge in [0.1, 0.15) is 12.2 Å². The molecule has 4 rings (SSSR count). The van der Waals surface area contributed by atoms with E-state index in [2.05, 4.69) is 26.9 Å². The molecule has 0 atom stereocenters. The fraction of sp³-hybridized carbons (Fsp3) is 0.500. The van der Waals surface area contributed by atoms with Crippen LogP contribution in [0.1, 0.15) is 12.0 Å². The molecule has 6 heteroatoms. The van der Waals surface area contributed by atoms with Crippen molar-refractivity contribution in [3.05, 3.63) is 35.0 Å². The van der Waals surface area contributed by atoms with Crippen molar-refractivity contribution in [3.8, 4) is 5.75 Å². The molecule has 2 aliphatic heterocycles. The van der Waals surface area contributed by atoms with E-state index in [-0.39, 0.29) is 0 Å². The molecule has 1 fully saturated rings. The summed E-state index contributed by atoms with van der Waals surface area (Å²) in [5.41, 5.74) is 2.11. The van der Waals surface area contributed by atoms with E-state index in [1.165, 1.54) is 5.56 Å². The zero-order valence-electron chi connectivity index (χ0n) is 13.7. The number of nitrogens with zero attached hydrogens (tertiary/aromatic N) is 3. The average Bonchev–Trinajstić information content (AvgIpc) is 2.62. The van der Waals surface area contributed by atoms with Gasteiger partial charge in [0.2, 0.25) is 0 Å². The number of hydrogen-bond acceptors (Lipinski definition) is 5. The second kappa shape index (κ2) is 7.23. The maximum absolute atomic E-state index is 6.02. The first-order valence-corrected chi connectivity index (χ1v) is 8.90. The smallest absolute Gasteiger partial charge is 0.152 e. The maximum atomic E-state index is 6.02. The molecule has 0 spiro atoms. The molecule has 0 bridgehead atoms. The molecule has 0 aliphatic carbocycles. The Morgan fingerprint density at radius 1 is 1.12 bits per heavy atom. The van der Waals surface area contributed by atoms with Crippen LogP contribution in [0.2, 0.25) is 5.02 Å². The molecule has 0 amide bonds. The standard InChI is InChI=1S/C18H22ClN3O2/c19-16-10-14-2-3-15-12-22(13-24-18(15)17(14)20-11-16)5-1-4-21-6-8-23-9-7-21/h2-3,10-11H,1,4-9,12-13H2. The Morgan fingerprint density at radius 3 is 2.83 bits per heavy atom. The van der Waals surface area contributed by atoms with Gasteiger partial charge in [-0.2, -0.15) is 0 Å². The monoisotopic (exact) mass is 347 g/mol. The zero-order valence-corrected chi connectivity index (χ0v) is 14.5. The average molecular weight is 348 g/mol. The van der Waals surface area contributed by atoms with Gasteiger partial charge in [-0.1, -0.05) is 23.7 Å². The van der Waals surface area contributed by atoms with E-state index >= 15 is 0 Å². The van der Waals surface area contributed by atoms with Crippen molar-refractivity contribution in [2.45, 2.75) is 13.0 Å². The lowest BCUT2D eigenvalue weighted by molar-refractivity contribution is 0.0331. The summed E-state index contributed by atoms with van der Waals surface area (Å²) in [6, 6.07) is 6.14. The van der Waals surface area contributed by atoms with Crippen LogP contribution in [0.25, 0.3) is 10.9 Å². The first kappa shape index (κ1) is 16.1. The number of aromatic nitrogens is 1. The lowest BCUT2D eigenvalue weighted by Gasteiger charge is -2.31. The second-order valence-electron chi connectivity index (χ2n) is 6.41. The Bertz CT molecular complexity index is 719. The first-order chi connectivity index (χ1) is 11.8. The fourth-order valence-electron chi connectivity index (χ4n) is 3.40. The normalized spacial score (nSPS) is 19.2. The van der Waals surface area contributed by atoms with Crippen molar-refractivity contribution in [1.29, 1.82) is 0 Å². The fourth-order valence-corrected chi connectivity index (χ4v) is 3.57. The van der Waals surface area contributed by atoms with Gasteiger partial charge in [0.15, 0.2) is 5.75 Å². The van der Waals surface area contributed by atoms with E-state index in [0.29, 0.717) is 11.8 Å². The molecule has 24 heavy (non-hydrogen) atoms. The Hall–Kier alpha value is -1.40. The van der Waals surface area contributed by atoms with Gasteiger partial charge in [-0.05, 0) is 19.0 Å². The van der Waals surface area contributed by atoms with Crippen LogP contribution in [-0.2, 0) is 11.3 Å². The maximum Gasteiger partial charge on any atom is 0.152 e. The van der Waals surface area contributed by atoms with Crippen molar-refractivity contribution in [1.82, 2.24) is 14.8 Å². The van der Waals surface area contributed by atoms with Crippen molar-refractivity contribution in [2.75, 3.05) is 46.1 Å². The predicted molar refractivity (Wildman–Crippen MR) is 94.5 cm³/mol. The van der Waals surface area contributed by atoms with Crippen molar-refractivity contribution >= 4 is 22.5 Å². The number of rotatable bonds is 4. The van der Waals surface area contributed by atoms with Gasteiger partial charge in [0, 0.05) is 43.3 Å². The predicted octanol–water partition coefficient (Wildman–Crippen LogP) is 2.76. The Balaban J connectivity index is 1.38. The molecule has 5 nitrogen and oxygen atoms in total. The van der Waals surface area contributed by atoms with Gasteiger partial charge in [-0.25, -0.2) is 0 Å². The third kappa shape index (κ3) is 3.49. The summed E-state index contributed by atoms with van der Waals surface area (Å²) in [7, 11) is 0. The van der Waals surface area contributed by atoms with Crippen LogP contribution >= 0.6 is 11.6 Å². The molecule has 1 aromatic carbocycles. The molecule has 0 N–H and O–H groups in total. The minimum Gasteiger partial charge on any atom is -0.475 e. The molecule has 0 saturated carbocycles. The number of morpholine rings is 1. The molecule has 2 aromatic rings. The molecule has 1 saturated heterocycles. The summed E-state index contributed by atoms with van der Waals surface area (Å²) < 4.78 is 11.4. The van der Waals surface area contributed by atoms with Crippen molar-refractivity contribution in [2.24, 2.45) is 0 Å². The topological polar surface area (TPSA) is 37.8 Å². The van der Waals surface area contributed by atoms with Gasteiger partial charge in [-0.15, -0.1) is 0 Å². The molecular formula is C18H22ClN3O2. The molecule has 3 heterocycles. The van der Waals surface area contributed by atoms with Crippen LogP contribution in [0.15, 0.2) is 24.4 Å². The summed E-state index contributed by atoms with van der Waals surface area (Å²) >= 11 is 6.02. The van der Waals surface area contributed by atoms with E-state index in [1.54, 1.807) is 6.20 Å². The number of benzene rings is 1. The molecular weight excluding hydrogens is 326 g/mol. The highest BCUT2D eigenvalue weighted by molar-refractivity contribution is 6.31. The molecule has 0 radical (unpaired) electrons. The van der Waals surface area contributed by atoms with Crippen LogP contribution in [0.5, 0.6) is 5.75 Å². The summed E-state index contributed by atoms with van der Waals surface area (Å²) in [6.45, 7) is 7.55. The third-order valence-corrected chi connectivity index (χ3v) is 4.90. The summed E-state index contributed by atoms with van der Waals surface area (Å²) in [6.07, 6.45) is 2.84. The van der Waals surface area contributed by atoms with Crippen molar-refractivity contribution < 1.29 is 9.47 Å². The van der Waals surface area contributed by atoms with Gasteiger partial charge in [0.05, 0.1) is 18.2 Å². The van der Waals surface area contributed by atoms with Gasteiger partial charge >= 0.3 is 0 Å². The Morgan fingerprint density at radius 2 is 1.96 bits per heavy atom. The Kier molecular flexibility index (Phi) is 4.85. The summed E-state index contributed by atoms with van der Waals surface area (Å²) in [5, 5.41) is 1.69. The van der Waals surface area contributed by atoms with E-state index < -0.39 is 0 Å². The largest absolute Gasteiger partial charge is 0.475 e. The lowest BCUT2D eigenvalue weighted by atomic mass is 10.1. The number of fused-ring (bicyclic) bond motifs is 3. The van der Waals surface area contributed by atoms with Crippen LogP contribution < -0.4 is 4.74 Å². The van der Waals surface area contributed by atoms with Crippen LogP contribution in [-0.4, -0.2) is 60.9 Å². The minimum absolute atomic E-state index is 0.625. The number of pyridine rings is 1. The lowest BCUT2D eigenvalue weighted by Crippen LogP contribution is -2.39. The van der Waals surface area contributed by atoms with E-state index in [0.717, 1.165) is 69.0 Å². The highest BCUT2D eigenvalue weighted by Gasteiger charge is 2.20. The number of hydrogen-bond donors (Lipinski definition) is 0. The highest BCUT2D eigenvalue weighted by Crippen LogP contribution is 2.33. The third-order valence-electron chi connectivity index (χ3n) is 4.69. The SMILES string of the molecule is Clc1cnc2c3c(ccc2c1)CN(CCCN1CCOCC1)CO3. The van der Waals surface area contributed by atoms with E-state index in [9.17, 15) is 0 Å². The van der Waals surface area contributed by atoms with Crippen LogP contribution in [0.4, 0.5) is 0 Å². The van der Waals surface area contributed by atoms with Gasteiger partial charge < -0.3 is 9.47 Å². The van der Waals surface area contributed by atoms with E-state index in [1.807, 2.05) is 6.07 Å². The number of halogens is 1. The second-order valence-corrected chi connectivity index (χ2v) is 6.85. The highest BCUT2D eigenvalue weighted by atomic mass is 35.5. The first-order valence-electron chi connectivity index (χ1n) is 8.52. The minimum atomic E-state index is 0.625. The van der Waals surface area contributed by atoms with Gasteiger partial charge in [-0.3, -0.25) is 14.8 Å². The summed E-state index contributed by atoms with van der Waals surface area (Å²) in [5.74, 6) is 0.911. The molecule has 1 aromatic heterocycles. The molecule has 0 unspecified atom stereocenters. The quantitative estimate of drug-likeness (QED) is 0.850. The summed E-state index contributed by atoms with van der Waals surface area (Å²) in [4.78, 5) is 9.28. The zero-order chi connectivity index (χ0) is 16.4. The van der Waals surface area contributed by atoms with Crippen molar-refractivity contribution in [3.63, 3.8) is 0 Å². The Labute approximate surface area is 147 Å². The molecule has 128 valence electrons. The number of ether oxygens (including phenoxy) is 2. The van der Waals surface area contributed by atoms with Crippen LogP contribution in [0.3, 0.4) is 0 Å². The molecule has 2 aliphatic rings. The van der Waals surface area contributed by atoms with Crippen LogP contribution in [0, 0.1) is 0 Å².